The lowest BCUT2D eigenvalue weighted by atomic mass is 9.94. The van der Waals surface area contributed by atoms with Gasteiger partial charge in [-0.3, -0.25) is 9.79 Å². The van der Waals surface area contributed by atoms with Crippen LogP contribution in [0.1, 0.15) is 59.1 Å². The smallest absolute Gasteiger partial charge is 0.318 e. The highest BCUT2D eigenvalue weighted by Crippen LogP contribution is 2.42. The number of amides is 3. The van der Waals surface area contributed by atoms with Crippen molar-refractivity contribution in [2.45, 2.75) is 45.4 Å². The minimum absolute atomic E-state index is 0.0611. The molecule has 2 aromatic carbocycles. The van der Waals surface area contributed by atoms with Crippen molar-refractivity contribution in [3.8, 4) is 22.8 Å². The van der Waals surface area contributed by atoms with E-state index in [2.05, 4.69) is 22.2 Å². The molecule has 0 saturated heterocycles. The summed E-state index contributed by atoms with van der Waals surface area (Å²) in [4.78, 5) is 37.3. The largest absolute Gasteiger partial charge is 0.454 e. The molecule has 0 bridgehead atoms. The molecule has 1 aromatic heterocycles. The van der Waals surface area contributed by atoms with E-state index in [1.807, 2.05) is 56.3 Å². The molecule has 5 rings (SSSR count). The van der Waals surface area contributed by atoms with Crippen LogP contribution in [0.4, 0.5) is 4.79 Å². The molecule has 0 aliphatic carbocycles. The Kier molecular flexibility index (Phi) is 8.53. The summed E-state index contributed by atoms with van der Waals surface area (Å²) in [6.45, 7) is 8.52. The summed E-state index contributed by atoms with van der Waals surface area (Å²) in [5, 5.41) is 15.9. The quantitative estimate of drug-likeness (QED) is 0.327. The number of ether oxygens (including phenoxy) is 2. The molecule has 3 heterocycles. The minimum atomic E-state index is -0.416. The second kappa shape index (κ2) is 12.4. The Hall–Kier alpha value is -4.70. The summed E-state index contributed by atoms with van der Waals surface area (Å²) >= 11 is 0. The van der Waals surface area contributed by atoms with Crippen molar-refractivity contribution in [2.75, 3.05) is 20.4 Å². The van der Waals surface area contributed by atoms with Gasteiger partial charge in [0, 0.05) is 50.1 Å². The van der Waals surface area contributed by atoms with Gasteiger partial charge in [0.05, 0.1) is 11.7 Å². The average Bonchev–Trinajstić information content (AvgIpc) is 3.60. The van der Waals surface area contributed by atoms with Gasteiger partial charge >= 0.3 is 6.03 Å². The molecular formula is C32H35N5O5. The molecule has 218 valence electrons. The second-order valence-electron chi connectivity index (χ2n) is 10.6. The van der Waals surface area contributed by atoms with Crippen LogP contribution in [0.15, 0.2) is 60.1 Å². The van der Waals surface area contributed by atoms with Crippen molar-refractivity contribution < 1.29 is 24.2 Å². The molecule has 3 aromatic rings. The number of pyridine rings is 1. The van der Waals surface area contributed by atoms with E-state index in [0.717, 1.165) is 33.4 Å². The average molecular weight is 570 g/mol. The zero-order valence-corrected chi connectivity index (χ0v) is 24.0. The summed E-state index contributed by atoms with van der Waals surface area (Å²) in [7, 11) is 1.69. The molecule has 42 heavy (non-hydrogen) atoms. The Morgan fingerprint density at radius 3 is 2.76 bits per heavy atom. The molecule has 0 spiro atoms. The number of hydrogen-bond acceptors (Lipinski definition) is 7. The van der Waals surface area contributed by atoms with Crippen molar-refractivity contribution >= 4 is 23.7 Å². The van der Waals surface area contributed by atoms with Gasteiger partial charge < -0.3 is 30.1 Å². The number of aliphatic hydroxyl groups is 1. The molecule has 0 fully saturated rings. The van der Waals surface area contributed by atoms with Crippen molar-refractivity contribution in [3.63, 3.8) is 0 Å². The topological polar surface area (TPSA) is 125 Å². The number of benzene rings is 2. The molecule has 0 saturated carbocycles. The standard InChI is InChI=1S/C32H35N5O5/c1-19(2)35-32(40)37-17-24-14-25(31(39)34-16-21-8-9-27-28(12-21)42-18-41-27)36-30(29(24)26(37)10-11-38)23-7-5-6-22(13-23)20(3)15-33-4/h5-9,12-15,19,26,38H,3,10-11,16-18H2,1-2,4H3,(H,34,39)(H,35,40)/b33-15-/t26-/m1/s1. The zero-order chi connectivity index (χ0) is 29.8. The molecule has 3 N–H and O–H groups in total. The first-order valence-corrected chi connectivity index (χ1v) is 13.9. The number of aliphatic imine (C=N–C) groups is 1. The van der Waals surface area contributed by atoms with Crippen LogP contribution in [0.5, 0.6) is 11.5 Å². The fourth-order valence-corrected chi connectivity index (χ4v) is 5.28. The van der Waals surface area contributed by atoms with Gasteiger partial charge in [0.15, 0.2) is 11.5 Å². The predicted molar refractivity (Wildman–Crippen MR) is 161 cm³/mol. The summed E-state index contributed by atoms with van der Waals surface area (Å²) in [5.74, 6) is 0.969. The third-order valence-corrected chi connectivity index (χ3v) is 7.18. The second-order valence-corrected chi connectivity index (χ2v) is 10.6. The lowest BCUT2D eigenvalue weighted by Crippen LogP contribution is -2.42. The van der Waals surface area contributed by atoms with Crippen molar-refractivity contribution in [2.24, 2.45) is 4.99 Å². The van der Waals surface area contributed by atoms with Gasteiger partial charge in [0.2, 0.25) is 6.79 Å². The maximum absolute atomic E-state index is 13.5. The zero-order valence-electron chi connectivity index (χ0n) is 24.0. The first-order valence-electron chi connectivity index (χ1n) is 13.9. The number of rotatable bonds is 9. The Bertz CT molecular complexity index is 1550. The molecule has 2 aliphatic rings. The van der Waals surface area contributed by atoms with Crippen LogP contribution in [-0.2, 0) is 13.1 Å². The van der Waals surface area contributed by atoms with Gasteiger partial charge in [-0.1, -0.05) is 30.8 Å². The van der Waals surface area contributed by atoms with E-state index in [1.54, 1.807) is 24.2 Å². The van der Waals surface area contributed by atoms with E-state index in [-0.39, 0.29) is 50.2 Å². The summed E-state index contributed by atoms with van der Waals surface area (Å²) < 4.78 is 10.8. The van der Waals surface area contributed by atoms with E-state index in [0.29, 0.717) is 23.6 Å². The Labute approximate surface area is 245 Å². The number of nitrogens with one attached hydrogen (secondary N) is 2. The molecular weight excluding hydrogens is 534 g/mol. The van der Waals surface area contributed by atoms with Crippen molar-refractivity contribution in [3.05, 3.63) is 83.1 Å². The van der Waals surface area contributed by atoms with Gasteiger partial charge in [-0.2, -0.15) is 0 Å². The van der Waals surface area contributed by atoms with E-state index in [9.17, 15) is 14.7 Å². The monoisotopic (exact) mass is 569 g/mol. The van der Waals surface area contributed by atoms with Crippen LogP contribution >= 0.6 is 0 Å². The maximum Gasteiger partial charge on any atom is 0.318 e. The number of fused-ring (bicyclic) bond motifs is 2. The lowest BCUT2D eigenvalue weighted by Gasteiger charge is -2.26. The number of hydrogen-bond donors (Lipinski definition) is 3. The van der Waals surface area contributed by atoms with Crippen LogP contribution in [0.25, 0.3) is 16.8 Å². The first-order chi connectivity index (χ1) is 20.3. The highest BCUT2D eigenvalue weighted by atomic mass is 16.7. The Morgan fingerprint density at radius 2 is 2.00 bits per heavy atom. The van der Waals surface area contributed by atoms with Gasteiger partial charge in [-0.05, 0) is 66.8 Å². The van der Waals surface area contributed by atoms with Gasteiger partial charge in [0.25, 0.3) is 5.91 Å². The summed E-state index contributed by atoms with van der Waals surface area (Å²) in [6.07, 6.45) is 2.02. The Balaban J connectivity index is 1.53. The molecule has 0 radical (unpaired) electrons. The van der Waals surface area contributed by atoms with E-state index >= 15 is 0 Å². The van der Waals surface area contributed by atoms with Crippen LogP contribution < -0.4 is 20.1 Å². The number of allylic oxidation sites excluding steroid dienone is 1. The number of aromatic nitrogens is 1. The van der Waals surface area contributed by atoms with Crippen molar-refractivity contribution in [1.82, 2.24) is 20.5 Å². The molecule has 10 heteroatoms. The van der Waals surface area contributed by atoms with E-state index < -0.39 is 6.04 Å². The van der Waals surface area contributed by atoms with Crippen LogP contribution in [0.3, 0.4) is 0 Å². The minimum Gasteiger partial charge on any atom is -0.454 e. The first kappa shape index (κ1) is 28.8. The number of carbonyl (C=O) groups is 2. The molecule has 1 atom stereocenters. The van der Waals surface area contributed by atoms with Gasteiger partial charge in [-0.15, -0.1) is 0 Å². The fourth-order valence-electron chi connectivity index (χ4n) is 5.28. The number of urea groups is 1. The maximum atomic E-state index is 13.5. The van der Waals surface area contributed by atoms with E-state index in [4.69, 9.17) is 14.5 Å². The summed E-state index contributed by atoms with van der Waals surface area (Å²) in [6, 6.07) is 14.3. The van der Waals surface area contributed by atoms with Crippen LogP contribution in [0.2, 0.25) is 0 Å². The number of aliphatic hydroxyl groups excluding tert-OH is 1. The SMILES string of the molecule is C=C(/C=N\C)c1cccc(-c2nc(C(=O)NCc3ccc4c(c3)OCO4)cc3c2[C@@H](CCO)N(C(=O)NC(C)C)C3)c1. The molecule has 2 aliphatic heterocycles. The molecule has 0 unspecified atom stereocenters. The van der Waals surface area contributed by atoms with Crippen LogP contribution in [-0.4, -0.2) is 59.6 Å². The highest BCUT2D eigenvalue weighted by Gasteiger charge is 2.37. The third-order valence-electron chi connectivity index (χ3n) is 7.18. The van der Waals surface area contributed by atoms with Crippen molar-refractivity contribution in [1.29, 1.82) is 0 Å². The predicted octanol–water partition coefficient (Wildman–Crippen LogP) is 4.48. The molecule has 3 amide bonds. The normalized spacial score (nSPS) is 15.3. The fraction of sp³-hybridized carbons (Fsp3) is 0.312. The summed E-state index contributed by atoms with van der Waals surface area (Å²) in [5.41, 5.74) is 5.68. The van der Waals surface area contributed by atoms with E-state index in [1.165, 1.54) is 0 Å². The van der Waals surface area contributed by atoms with Gasteiger partial charge in [-0.25, -0.2) is 9.78 Å². The van der Waals surface area contributed by atoms with Crippen LogP contribution in [0, 0.1) is 0 Å². The molecule has 10 nitrogen and oxygen atoms in total. The Morgan fingerprint density at radius 1 is 1.19 bits per heavy atom. The van der Waals surface area contributed by atoms with Gasteiger partial charge in [0.1, 0.15) is 5.69 Å². The third kappa shape index (κ3) is 5.99. The number of carbonyl (C=O) groups excluding carboxylic acids is 2. The number of nitrogens with zero attached hydrogens (tertiary/aromatic N) is 3. The lowest BCUT2D eigenvalue weighted by molar-refractivity contribution is 0.0945. The highest BCUT2D eigenvalue weighted by molar-refractivity contribution is 6.09.